The second-order valence-electron chi connectivity index (χ2n) is 3.81. The molecule has 3 heteroatoms. The Kier molecular flexibility index (Phi) is 3.19. The third-order valence-corrected chi connectivity index (χ3v) is 2.52. The third kappa shape index (κ3) is 2.69. The van der Waals surface area contributed by atoms with E-state index in [0.29, 0.717) is 0 Å². The maximum absolute atomic E-state index is 13.2. The molecule has 2 rings (SSSR count). The van der Waals surface area contributed by atoms with Crippen molar-refractivity contribution in [3.05, 3.63) is 59.9 Å². The van der Waals surface area contributed by atoms with Gasteiger partial charge in [0.1, 0.15) is 5.82 Å². The number of benzene rings is 2. The largest absolute Gasteiger partial charge is 0.369 e. The topological polar surface area (TPSA) is 43.1 Å². The van der Waals surface area contributed by atoms with Crippen LogP contribution in [0.3, 0.4) is 0 Å². The summed E-state index contributed by atoms with van der Waals surface area (Å²) in [5.41, 5.74) is 7.59. The first-order valence-electron chi connectivity index (χ1n) is 5.29. The normalized spacial score (nSPS) is 10.2. The molecule has 0 radical (unpaired) electrons. The molecule has 0 atom stereocenters. The summed E-state index contributed by atoms with van der Waals surface area (Å²) in [6.45, 7) is 0. The van der Waals surface area contributed by atoms with Crippen LogP contribution < -0.4 is 5.73 Å². The molecule has 0 aliphatic rings. The number of rotatable bonds is 3. The number of halogens is 1. The van der Waals surface area contributed by atoms with Crippen molar-refractivity contribution < 1.29 is 9.18 Å². The molecule has 0 heterocycles. The molecule has 0 unspecified atom stereocenters. The zero-order valence-electron chi connectivity index (χ0n) is 9.19. The summed E-state index contributed by atoms with van der Waals surface area (Å²) in [7, 11) is 0. The summed E-state index contributed by atoms with van der Waals surface area (Å²) in [5.74, 6) is -0.690. The van der Waals surface area contributed by atoms with Gasteiger partial charge in [0.05, 0.1) is 6.42 Å². The quantitative estimate of drug-likeness (QED) is 0.863. The van der Waals surface area contributed by atoms with Crippen molar-refractivity contribution in [1.29, 1.82) is 0 Å². The Labute approximate surface area is 98.9 Å². The molecule has 0 saturated heterocycles. The standard InChI is InChI=1S/C14H12FNO/c15-12-6-3-5-10(8-12)13-7-2-1-4-11(13)9-14(16)17/h1-8H,9H2,(H2,16,17). The van der Waals surface area contributed by atoms with Gasteiger partial charge >= 0.3 is 0 Å². The molecular formula is C14H12FNO. The van der Waals surface area contributed by atoms with E-state index in [-0.39, 0.29) is 12.2 Å². The lowest BCUT2D eigenvalue weighted by molar-refractivity contribution is -0.117. The molecule has 86 valence electrons. The molecule has 0 fully saturated rings. The van der Waals surface area contributed by atoms with Gasteiger partial charge in [0.2, 0.25) is 5.91 Å². The highest BCUT2D eigenvalue weighted by Crippen LogP contribution is 2.24. The monoisotopic (exact) mass is 229 g/mol. The molecule has 1 amide bonds. The van der Waals surface area contributed by atoms with Crippen LogP contribution in [0.4, 0.5) is 4.39 Å². The lowest BCUT2D eigenvalue weighted by Gasteiger charge is -2.08. The zero-order valence-corrected chi connectivity index (χ0v) is 9.19. The number of hydrogen-bond donors (Lipinski definition) is 1. The number of carbonyl (C=O) groups is 1. The zero-order chi connectivity index (χ0) is 12.3. The number of primary amides is 1. The van der Waals surface area contributed by atoms with Crippen molar-refractivity contribution in [2.75, 3.05) is 0 Å². The van der Waals surface area contributed by atoms with Crippen LogP contribution in [-0.4, -0.2) is 5.91 Å². The van der Waals surface area contributed by atoms with Crippen molar-refractivity contribution in [2.24, 2.45) is 5.73 Å². The van der Waals surface area contributed by atoms with E-state index in [1.54, 1.807) is 6.07 Å². The van der Waals surface area contributed by atoms with Crippen LogP contribution in [0.1, 0.15) is 5.56 Å². The fourth-order valence-electron chi connectivity index (χ4n) is 1.80. The average Bonchev–Trinajstić information content (AvgIpc) is 2.29. The van der Waals surface area contributed by atoms with E-state index in [1.807, 2.05) is 30.3 Å². The molecular weight excluding hydrogens is 217 g/mol. The van der Waals surface area contributed by atoms with Gasteiger partial charge in [-0.25, -0.2) is 4.39 Å². The van der Waals surface area contributed by atoms with E-state index in [0.717, 1.165) is 16.7 Å². The van der Waals surface area contributed by atoms with Crippen LogP contribution in [0.2, 0.25) is 0 Å². The predicted octanol–water partition coefficient (Wildman–Crippen LogP) is 2.52. The Morgan fingerprint density at radius 2 is 1.88 bits per heavy atom. The van der Waals surface area contributed by atoms with Crippen molar-refractivity contribution in [3.8, 4) is 11.1 Å². The van der Waals surface area contributed by atoms with E-state index < -0.39 is 5.91 Å². The van der Waals surface area contributed by atoms with Gasteiger partial charge in [0.25, 0.3) is 0 Å². The van der Waals surface area contributed by atoms with Crippen LogP contribution in [0, 0.1) is 5.82 Å². The minimum absolute atomic E-state index is 0.159. The van der Waals surface area contributed by atoms with Gasteiger partial charge in [-0.15, -0.1) is 0 Å². The SMILES string of the molecule is NC(=O)Cc1ccccc1-c1cccc(F)c1. The number of carbonyl (C=O) groups excluding carboxylic acids is 1. The first-order chi connectivity index (χ1) is 8.16. The van der Waals surface area contributed by atoms with Gasteiger partial charge < -0.3 is 5.73 Å². The lowest BCUT2D eigenvalue weighted by Crippen LogP contribution is -2.14. The lowest BCUT2D eigenvalue weighted by atomic mass is 9.97. The van der Waals surface area contributed by atoms with Crippen molar-refractivity contribution in [1.82, 2.24) is 0 Å². The molecule has 0 aromatic heterocycles. The van der Waals surface area contributed by atoms with E-state index in [9.17, 15) is 9.18 Å². The highest BCUT2D eigenvalue weighted by atomic mass is 19.1. The van der Waals surface area contributed by atoms with Crippen molar-refractivity contribution in [3.63, 3.8) is 0 Å². The van der Waals surface area contributed by atoms with E-state index in [4.69, 9.17) is 5.73 Å². The van der Waals surface area contributed by atoms with Crippen molar-refractivity contribution >= 4 is 5.91 Å². The second kappa shape index (κ2) is 4.78. The van der Waals surface area contributed by atoms with Gasteiger partial charge in [-0.2, -0.15) is 0 Å². The highest BCUT2D eigenvalue weighted by molar-refractivity contribution is 5.80. The summed E-state index contributed by atoms with van der Waals surface area (Å²) in [5, 5.41) is 0. The Hall–Kier alpha value is -2.16. The second-order valence-corrected chi connectivity index (χ2v) is 3.81. The molecule has 0 aliphatic heterocycles. The smallest absolute Gasteiger partial charge is 0.221 e. The summed E-state index contributed by atoms with van der Waals surface area (Å²) < 4.78 is 13.2. The molecule has 2 aromatic carbocycles. The predicted molar refractivity (Wildman–Crippen MR) is 64.7 cm³/mol. The van der Waals surface area contributed by atoms with Crippen LogP contribution in [0.5, 0.6) is 0 Å². The first-order valence-corrected chi connectivity index (χ1v) is 5.29. The van der Waals surface area contributed by atoms with Gasteiger partial charge in [0.15, 0.2) is 0 Å². The Balaban J connectivity index is 2.47. The summed E-state index contributed by atoms with van der Waals surface area (Å²) >= 11 is 0. The molecule has 2 N–H and O–H groups in total. The minimum Gasteiger partial charge on any atom is -0.369 e. The number of nitrogens with two attached hydrogens (primary N) is 1. The first kappa shape index (κ1) is 11.3. The van der Waals surface area contributed by atoms with E-state index in [1.165, 1.54) is 12.1 Å². The molecule has 0 aliphatic carbocycles. The summed E-state index contributed by atoms with van der Waals surface area (Å²) in [6.07, 6.45) is 0.159. The molecule has 0 bridgehead atoms. The maximum Gasteiger partial charge on any atom is 0.221 e. The van der Waals surface area contributed by atoms with E-state index >= 15 is 0 Å². The Bertz CT molecular complexity index is 551. The Morgan fingerprint density at radius 1 is 1.12 bits per heavy atom. The Morgan fingerprint density at radius 3 is 2.59 bits per heavy atom. The van der Waals surface area contributed by atoms with Crippen LogP contribution >= 0.6 is 0 Å². The minimum atomic E-state index is -0.395. The average molecular weight is 229 g/mol. The molecule has 0 spiro atoms. The summed E-state index contributed by atoms with van der Waals surface area (Å²) in [6, 6.07) is 13.7. The molecule has 2 aromatic rings. The number of hydrogen-bond acceptors (Lipinski definition) is 1. The van der Waals surface area contributed by atoms with Gasteiger partial charge in [-0.3, -0.25) is 4.79 Å². The third-order valence-electron chi connectivity index (χ3n) is 2.52. The number of amides is 1. The molecule has 2 nitrogen and oxygen atoms in total. The molecule has 0 saturated carbocycles. The van der Waals surface area contributed by atoms with Gasteiger partial charge in [0, 0.05) is 0 Å². The maximum atomic E-state index is 13.2. The summed E-state index contributed by atoms with van der Waals surface area (Å²) in [4.78, 5) is 11.0. The van der Waals surface area contributed by atoms with Crippen LogP contribution in [0.25, 0.3) is 11.1 Å². The van der Waals surface area contributed by atoms with Gasteiger partial charge in [-0.05, 0) is 28.8 Å². The highest BCUT2D eigenvalue weighted by Gasteiger charge is 2.07. The van der Waals surface area contributed by atoms with E-state index in [2.05, 4.69) is 0 Å². The van der Waals surface area contributed by atoms with Crippen molar-refractivity contribution in [2.45, 2.75) is 6.42 Å². The fourth-order valence-corrected chi connectivity index (χ4v) is 1.80. The fraction of sp³-hybridized carbons (Fsp3) is 0.0714. The molecule has 17 heavy (non-hydrogen) atoms. The van der Waals surface area contributed by atoms with Gasteiger partial charge in [-0.1, -0.05) is 36.4 Å². The van der Waals surface area contributed by atoms with Crippen LogP contribution in [0.15, 0.2) is 48.5 Å². The van der Waals surface area contributed by atoms with Crippen LogP contribution in [-0.2, 0) is 11.2 Å².